The molecule has 0 saturated carbocycles. The zero-order valence-electron chi connectivity index (χ0n) is 10.8. The zero-order chi connectivity index (χ0) is 15.1. The third-order valence-corrected chi connectivity index (χ3v) is 2.72. The Bertz CT molecular complexity index is 516. The van der Waals surface area contributed by atoms with E-state index >= 15 is 0 Å². The number of aryl methyl sites for hydroxylation is 1. The minimum Gasteiger partial charge on any atom is -0.480 e. The van der Waals surface area contributed by atoms with Gasteiger partial charge in [-0.25, -0.2) is 4.79 Å². The summed E-state index contributed by atoms with van der Waals surface area (Å²) in [6, 6.07) is 5.80. The number of nitrogens with two attached hydrogens (primary N) is 2. The van der Waals surface area contributed by atoms with Gasteiger partial charge in [0.05, 0.1) is 6.42 Å². The molecule has 0 spiro atoms. The summed E-state index contributed by atoms with van der Waals surface area (Å²) in [5.74, 6) is -2.55. The summed E-state index contributed by atoms with van der Waals surface area (Å²) in [7, 11) is 0. The lowest BCUT2D eigenvalue weighted by molar-refractivity contribution is -0.143. The Morgan fingerprint density at radius 2 is 1.90 bits per heavy atom. The molecule has 7 heteroatoms. The van der Waals surface area contributed by atoms with Gasteiger partial charge in [0.2, 0.25) is 11.8 Å². The molecule has 0 aliphatic carbocycles. The molecule has 0 fully saturated rings. The van der Waals surface area contributed by atoms with E-state index in [1.165, 1.54) is 0 Å². The summed E-state index contributed by atoms with van der Waals surface area (Å²) >= 11 is 0. The maximum Gasteiger partial charge on any atom is 0.326 e. The van der Waals surface area contributed by atoms with E-state index in [9.17, 15) is 14.4 Å². The normalized spacial score (nSPS) is 11.6. The fraction of sp³-hybridized carbons (Fsp3) is 0.308. The second kappa shape index (κ2) is 7.13. The van der Waals surface area contributed by atoms with E-state index in [4.69, 9.17) is 16.6 Å². The first-order valence-electron chi connectivity index (χ1n) is 6.04. The van der Waals surface area contributed by atoms with Crippen LogP contribution in [0.15, 0.2) is 24.3 Å². The largest absolute Gasteiger partial charge is 0.480 e. The summed E-state index contributed by atoms with van der Waals surface area (Å²) in [6.07, 6.45) is 0.0344. The van der Waals surface area contributed by atoms with Gasteiger partial charge in [-0.2, -0.15) is 0 Å². The SMILES string of the molecule is NC(=O)CC(NC(=O)CCc1ccccc1N)C(=O)O. The van der Waals surface area contributed by atoms with Crippen LogP contribution >= 0.6 is 0 Å². The second-order valence-electron chi connectivity index (χ2n) is 4.33. The van der Waals surface area contributed by atoms with Gasteiger partial charge in [-0.1, -0.05) is 18.2 Å². The Balaban J connectivity index is 2.52. The van der Waals surface area contributed by atoms with Crippen molar-refractivity contribution in [2.75, 3.05) is 5.73 Å². The van der Waals surface area contributed by atoms with Crippen LogP contribution in [0.25, 0.3) is 0 Å². The number of aliphatic carboxylic acids is 1. The van der Waals surface area contributed by atoms with Gasteiger partial charge < -0.3 is 21.9 Å². The standard InChI is InChI=1S/C13H17N3O4/c14-9-4-2-1-3-8(9)5-6-12(18)16-10(13(19)20)7-11(15)17/h1-4,10H,5-7,14H2,(H2,15,17)(H,16,18)(H,19,20). The molecule has 7 nitrogen and oxygen atoms in total. The molecule has 20 heavy (non-hydrogen) atoms. The molecule has 2 amide bonds. The van der Waals surface area contributed by atoms with Crippen LogP contribution < -0.4 is 16.8 Å². The van der Waals surface area contributed by atoms with E-state index in [1.807, 2.05) is 0 Å². The Kier molecular flexibility index (Phi) is 5.52. The van der Waals surface area contributed by atoms with Crippen LogP contribution in [-0.4, -0.2) is 28.9 Å². The van der Waals surface area contributed by atoms with E-state index in [0.717, 1.165) is 5.56 Å². The second-order valence-corrected chi connectivity index (χ2v) is 4.33. The quantitative estimate of drug-likeness (QED) is 0.506. The predicted octanol–water partition coefficient (Wildman–Crippen LogP) is -0.354. The van der Waals surface area contributed by atoms with Crippen LogP contribution in [0.4, 0.5) is 5.69 Å². The third kappa shape index (κ3) is 4.97. The smallest absolute Gasteiger partial charge is 0.326 e. The first-order chi connectivity index (χ1) is 9.40. The number of hydrogen-bond acceptors (Lipinski definition) is 4. The number of para-hydroxylation sites is 1. The molecule has 1 rings (SSSR count). The lowest BCUT2D eigenvalue weighted by atomic mass is 10.1. The van der Waals surface area contributed by atoms with Crippen LogP contribution in [0.5, 0.6) is 0 Å². The van der Waals surface area contributed by atoms with Crippen molar-refractivity contribution in [3.05, 3.63) is 29.8 Å². The number of nitrogens with one attached hydrogen (secondary N) is 1. The number of hydrogen-bond donors (Lipinski definition) is 4. The van der Waals surface area contributed by atoms with Gasteiger partial charge in [-0.15, -0.1) is 0 Å². The lowest BCUT2D eigenvalue weighted by Gasteiger charge is -2.13. The molecule has 0 radical (unpaired) electrons. The summed E-state index contributed by atoms with van der Waals surface area (Å²) in [5, 5.41) is 11.1. The van der Waals surface area contributed by atoms with Gasteiger partial charge in [0.15, 0.2) is 0 Å². The van der Waals surface area contributed by atoms with Crippen molar-refractivity contribution in [3.8, 4) is 0 Å². The van der Waals surface area contributed by atoms with Gasteiger partial charge in [0.25, 0.3) is 0 Å². The van der Waals surface area contributed by atoms with E-state index in [1.54, 1.807) is 24.3 Å². The number of carboxylic acids is 1. The van der Waals surface area contributed by atoms with Crippen molar-refractivity contribution in [2.45, 2.75) is 25.3 Å². The number of amides is 2. The number of rotatable bonds is 7. The van der Waals surface area contributed by atoms with Crippen LogP contribution in [0.1, 0.15) is 18.4 Å². The Morgan fingerprint density at radius 3 is 2.45 bits per heavy atom. The van der Waals surface area contributed by atoms with Crippen molar-refractivity contribution in [2.24, 2.45) is 5.73 Å². The number of nitrogen functional groups attached to an aromatic ring is 1. The zero-order valence-corrected chi connectivity index (χ0v) is 10.8. The van der Waals surface area contributed by atoms with Gasteiger partial charge >= 0.3 is 5.97 Å². The predicted molar refractivity (Wildman–Crippen MR) is 72.6 cm³/mol. The van der Waals surface area contributed by atoms with Crippen molar-refractivity contribution in [3.63, 3.8) is 0 Å². The lowest BCUT2D eigenvalue weighted by Crippen LogP contribution is -2.43. The number of anilines is 1. The monoisotopic (exact) mass is 279 g/mol. The Labute approximate surface area is 115 Å². The Hall–Kier alpha value is -2.57. The molecule has 1 atom stereocenters. The van der Waals surface area contributed by atoms with E-state index in [0.29, 0.717) is 12.1 Å². The highest BCUT2D eigenvalue weighted by Gasteiger charge is 2.21. The van der Waals surface area contributed by atoms with Crippen LogP contribution in [-0.2, 0) is 20.8 Å². The van der Waals surface area contributed by atoms with E-state index in [-0.39, 0.29) is 6.42 Å². The molecule has 0 aliphatic heterocycles. The number of primary amides is 1. The maximum atomic E-state index is 11.7. The minimum atomic E-state index is -1.30. The molecule has 0 bridgehead atoms. The average Bonchev–Trinajstić information content (AvgIpc) is 2.36. The Morgan fingerprint density at radius 1 is 1.25 bits per heavy atom. The fourth-order valence-corrected chi connectivity index (χ4v) is 1.68. The third-order valence-electron chi connectivity index (χ3n) is 2.72. The molecule has 0 saturated heterocycles. The van der Waals surface area contributed by atoms with Gasteiger partial charge in [0.1, 0.15) is 6.04 Å². The number of benzene rings is 1. The first-order valence-corrected chi connectivity index (χ1v) is 6.04. The van der Waals surface area contributed by atoms with Crippen LogP contribution in [0, 0.1) is 0 Å². The molecular weight excluding hydrogens is 262 g/mol. The van der Waals surface area contributed by atoms with Crippen molar-refractivity contribution >= 4 is 23.5 Å². The fourth-order valence-electron chi connectivity index (χ4n) is 1.68. The molecule has 0 heterocycles. The molecule has 6 N–H and O–H groups in total. The average molecular weight is 279 g/mol. The summed E-state index contributed by atoms with van der Waals surface area (Å²) in [6.45, 7) is 0. The highest BCUT2D eigenvalue weighted by molar-refractivity contribution is 5.88. The van der Waals surface area contributed by atoms with Crippen molar-refractivity contribution in [1.29, 1.82) is 0 Å². The summed E-state index contributed by atoms with van der Waals surface area (Å²) in [5.41, 5.74) is 12.0. The number of carboxylic acid groups (broad SMARTS) is 1. The van der Waals surface area contributed by atoms with Gasteiger partial charge in [-0.3, -0.25) is 9.59 Å². The maximum absolute atomic E-state index is 11.7. The van der Waals surface area contributed by atoms with Crippen molar-refractivity contribution in [1.82, 2.24) is 5.32 Å². The van der Waals surface area contributed by atoms with Crippen LogP contribution in [0.3, 0.4) is 0 Å². The topological polar surface area (TPSA) is 136 Å². The molecule has 108 valence electrons. The first kappa shape index (κ1) is 15.5. The molecule has 1 unspecified atom stereocenters. The van der Waals surface area contributed by atoms with Gasteiger partial charge in [0, 0.05) is 12.1 Å². The number of carbonyl (C=O) groups is 3. The molecule has 0 aliphatic rings. The molecule has 1 aromatic rings. The summed E-state index contributed by atoms with van der Waals surface area (Å²) in [4.78, 5) is 33.2. The van der Waals surface area contributed by atoms with E-state index in [2.05, 4.69) is 5.32 Å². The molecule has 1 aromatic carbocycles. The minimum absolute atomic E-state index is 0.0801. The van der Waals surface area contributed by atoms with Crippen molar-refractivity contribution < 1.29 is 19.5 Å². The van der Waals surface area contributed by atoms with Gasteiger partial charge in [-0.05, 0) is 18.1 Å². The summed E-state index contributed by atoms with van der Waals surface area (Å²) < 4.78 is 0. The van der Waals surface area contributed by atoms with Crippen LogP contribution in [0.2, 0.25) is 0 Å². The highest BCUT2D eigenvalue weighted by Crippen LogP contribution is 2.12. The van der Waals surface area contributed by atoms with E-state index < -0.39 is 30.2 Å². The highest BCUT2D eigenvalue weighted by atomic mass is 16.4. The number of carbonyl (C=O) groups excluding carboxylic acids is 2. The molecular formula is C13H17N3O4. The molecule has 0 aromatic heterocycles.